The van der Waals surface area contributed by atoms with Crippen molar-refractivity contribution in [3.63, 3.8) is 0 Å². The van der Waals surface area contributed by atoms with E-state index in [1.54, 1.807) is 6.26 Å². The van der Waals surface area contributed by atoms with Gasteiger partial charge in [0.1, 0.15) is 29.9 Å². The van der Waals surface area contributed by atoms with E-state index in [1.165, 1.54) is 6.92 Å². The molecule has 0 aliphatic carbocycles. The van der Waals surface area contributed by atoms with Crippen LogP contribution in [-0.2, 0) is 24.1 Å². The van der Waals surface area contributed by atoms with Crippen molar-refractivity contribution in [3.8, 4) is 0 Å². The van der Waals surface area contributed by atoms with E-state index in [-0.39, 0.29) is 0 Å². The van der Waals surface area contributed by atoms with E-state index < -0.39 is 64.3 Å². The second-order valence-electron chi connectivity index (χ2n) is 8.29. The third-order valence-corrected chi connectivity index (χ3v) is 7.32. The molecule has 31 heavy (non-hydrogen) atoms. The second-order valence-corrected chi connectivity index (χ2v) is 10.3. The van der Waals surface area contributed by atoms with Crippen molar-refractivity contribution >= 4 is 28.1 Å². The molecule has 0 radical (unpaired) electrons. The summed E-state index contributed by atoms with van der Waals surface area (Å²) in [4.78, 5) is 15.0. The van der Waals surface area contributed by atoms with Crippen LogP contribution in [0, 0.1) is 5.92 Å². The van der Waals surface area contributed by atoms with Crippen molar-refractivity contribution in [1.29, 1.82) is 0 Å². The maximum Gasteiger partial charge on any atom is 0.397 e. The number of aliphatic hydroxyl groups excluding tert-OH is 3. The number of carbonyl (C=O) groups excluding carboxylic acids is 1. The maximum absolute atomic E-state index is 13.1. The second kappa shape index (κ2) is 11.1. The molecule has 1 amide bonds. The quantitative estimate of drug-likeness (QED) is 0.253. The highest BCUT2D eigenvalue weighted by Gasteiger charge is 2.49. The summed E-state index contributed by atoms with van der Waals surface area (Å²) in [5, 5.41) is 33.5. The SMILES string of the molecule is CCC[C@@H]1C[C@@H](C(=O)N[C@@H]([C@H]2O[C@H](SC)[C@H](O)[C@@H](O)[C@H]2O)[C@@H](C)OS(=O)(=O)O)N(C)C1. The number of nitrogens with zero attached hydrogens (tertiary/aromatic N) is 1. The van der Waals surface area contributed by atoms with Crippen LogP contribution in [0.4, 0.5) is 0 Å². The van der Waals surface area contributed by atoms with Crippen LogP contribution in [0.15, 0.2) is 0 Å². The Labute approximate surface area is 187 Å². The molecule has 0 bridgehead atoms. The predicted molar refractivity (Wildman–Crippen MR) is 114 cm³/mol. The smallest absolute Gasteiger partial charge is 0.388 e. The zero-order valence-electron chi connectivity index (χ0n) is 18.1. The average Bonchev–Trinajstić information content (AvgIpc) is 3.04. The summed E-state index contributed by atoms with van der Waals surface area (Å²) in [6.45, 7) is 4.11. The number of ether oxygens (including phenoxy) is 1. The van der Waals surface area contributed by atoms with Crippen LogP contribution in [0.1, 0.15) is 33.1 Å². The van der Waals surface area contributed by atoms with E-state index in [4.69, 9.17) is 9.29 Å². The number of nitrogens with one attached hydrogen (secondary N) is 1. The Balaban J connectivity index is 2.25. The number of amides is 1. The van der Waals surface area contributed by atoms with Gasteiger partial charge in [-0.05, 0) is 39.0 Å². The van der Waals surface area contributed by atoms with Gasteiger partial charge in [-0.15, -0.1) is 11.8 Å². The lowest BCUT2D eigenvalue weighted by Crippen LogP contribution is -2.66. The van der Waals surface area contributed by atoms with Gasteiger partial charge in [-0.25, -0.2) is 4.18 Å². The number of hydrogen-bond acceptors (Lipinski definition) is 10. The topological polar surface area (TPSA) is 166 Å². The largest absolute Gasteiger partial charge is 0.397 e. The Morgan fingerprint density at radius 3 is 2.48 bits per heavy atom. The van der Waals surface area contributed by atoms with Gasteiger partial charge in [0.25, 0.3) is 0 Å². The third-order valence-electron chi connectivity index (χ3n) is 5.92. The Morgan fingerprint density at radius 2 is 1.94 bits per heavy atom. The molecule has 0 aromatic carbocycles. The lowest BCUT2D eigenvalue weighted by Gasteiger charge is -2.44. The molecule has 5 N–H and O–H groups in total. The summed E-state index contributed by atoms with van der Waals surface area (Å²) in [7, 11) is -3.04. The van der Waals surface area contributed by atoms with Crippen LogP contribution in [0.25, 0.3) is 0 Å². The predicted octanol–water partition coefficient (Wildman–Crippen LogP) is -1.03. The van der Waals surface area contributed by atoms with E-state index in [9.17, 15) is 28.5 Å². The molecular weight excluding hydrogens is 452 g/mol. The summed E-state index contributed by atoms with van der Waals surface area (Å²) >= 11 is 1.08. The Kier molecular flexibility index (Phi) is 9.55. The van der Waals surface area contributed by atoms with Gasteiger partial charge >= 0.3 is 10.4 Å². The molecule has 0 unspecified atom stereocenters. The number of thioether (sulfide) groups is 1. The fraction of sp³-hybridized carbons (Fsp3) is 0.944. The maximum atomic E-state index is 13.1. The van der Waals surface area contributed by atoms with Crippen LogP contribution in [-0.4, -0.2) is 107 Å². The Morgan fingerprint density at radius 1 is 1.29 bits per heavy atom. The first-order valence-corrected chi connectivity index (χ1v) is 12.9. The van der Waals surface area contributed by atoms with Gasteiger partial charge < -0.3 is 25.4 Å². The van der Waals surface area contributed by atoms with Crippen LogP contribution in [0.3, 0.4) is 0 Å². The molecule has 2 saturated heterocycles. The molecule has 182 valence electrons. The minimum atomic E-state index is -4.87. The van der Waals surface area contributed by atoms with E-state index in [2.05, 4.69) is 16.4 Å². The Hall–Kier alpha value is -0.510. The monoisotopic (exact) mass is 486 g/mol. The number of hydrogen-bond donors (Lipinski definition) is 5. The number of aliphatic hydroxyl groups is 3. The standard InChI is InChI=1S/C18H34N2O9S2/c1-5-6-10-7-11(20(3)8-10)17(24)19-12(9(2)29-31(25,26)27)16-14(22)13(21)15(23)18(28-16)30-4/h9-16,18,21-23H,5-8H2,1-4H3,(H,19,24)(H,25,26,27)/t9-,10-,11+,12-,13+,14-,15-,16-,18-/m1/s1. The fourth-order valence-electron chi connectivity index (χ4n) is 4.37. The van der Waals surface area contributed by atoms with Crippen LogP contribution in [0.5, 0.6) is 0 Å². The van der Waals surface area contributed by atoms with Crippen molar-refractivity contribution < 1.29 is 42.0 Å². The van der Waals surface area contributed by atoms with Crippen molar-refractivity contribution in [2.75, 3.05) is 19.8 Å². The first-order chi connectivity index (χ1) is 14.4. The molecule has 0 saturated carbocycles. The normalized spacial score (nSPS) is 36.8. The van der Waals surface area contributed by atoms with Crippen LogP contribution < -0.4 is 5.32 Å². The lowest BCUT2D eigenvalue weighted by atomic mass is 9.92. The third kappa shape index (κ3) is 6.74. The molecule has 2 heterocycles. The summed E-state index contributed by atoms with van der Waals surface area (Å²) in [5.41, 5.74) is -0.927. The highest BCUT2D eigenvalue weighted by Crippen LogP contribution is 2.31. The number of carbonyl (C=O) groups is 1. The van der Waals surface area contributed by atoms with E-state index in [0.29, 0.717) is 12.3 Å². The minimum Gasteiger partial charge on any atom is -0.388 e. The van der Waals surface area contributed by atoms with E-state index >= 15 is 0 Å². The van der Waals surface area contributed by atoms with Crippen molar-refractivity contribution in [2.24, 2.45) is 5.92 Å². The van der Waals surface area contributed by atoms with Crippen molar-refractivity contribution in [2.45, 2.75) is 81.1 Å². The Bertz CT molecular complexity index is 708. The molecule has 2 rings (SSSR count). The highest BCUT2D eigenvalue weighted by atomic mass is 32.3. The number of rotatable bonds is 9. The van der Waals surface area contributed by atoms with Gasteiger partial charge in [-0.1, -0.05) is 13.3 Å². The molecule has 11 nitrogen and oxygen atoms in total. The number of likely N-dealkylation sites (N-methyl/N-ethyl adjacent to an activating group) is 1. The molecule has 13 heteroatoms. The summed E-state index contributed by atoms with van der Waals surface area (Å²) < 4.78 is 42.0. The van der Waals surface area contributed by atoms with Gasteiger partial charge in [-0.2, -0.15) is 8.42 Å². The zero-order valence-corrected chi connectivity index (χ0v) is 19.8. The van der Waals surface area contributed by atoms with Gasteiger partial charge in [0.05, 0.1) is 18.2 Å². The first-order valence-electron chi connectivity index (χ1n) is 10.3. The van der Waals surface area contributed by atoms with Gasteiger partial charge in [0.2, 0.25) is 5.91 Å². The van der Waals surface area contributed by atoms with Gasteiger partial charge in [-0.3, -0.25) is 14.2 Å². The number of likely N-dealkylation sites (tertiary alicyclic amines) is 1. The van der Waals surface area contributed by atoms with Gasteiger partial charge in [0, 0.05) is 6.54 Å². The molecule has 0 aromatic rings. The summed E-state index contributed by atoms with van der Waals surface area (Å²) in [6.07, 6.45) is -3.01. The summed E-state index contributed by atoms with van der Waals surface area (Å²) in [5.74, 6) is -0.0564. The highest BCUT2D eigenvalue weighted by molar-refractivity contribution is 7.99. The van der Waals surface area contributed by atoms with E-state index in [1.807, 2.05) is 11.9 Å². The molecule has 9 atom stereocenters. The molecule has 0 spiro atoms. The summed E-state index contributed by atoms with van der Waals surface area (Å²) in [6, 6.07) is -1.70. The minimum absolute atomic E-state index is 0.352. The van der Waals surface area contributed by atoms with Crippen LogP contribution >= 0.6 is 11.8 Å². The first kappa shape index (κ1) is 26.7. The van der Waals surface area contributed by atoms with Crippen LogP contribution in [0.2, 0.25) is 0 Å². The average molecular weight is 487 g/mol. The molecule has 2 aliphatic rings. The fourth-order valence-corrected chi connectivity index (χ4v) is 5.56. The molecular formula is C18H34N2O9S2. The van der Waals surface area contributed by atoms with Gasteiger partial charge in [0.15, 0.2) is 0 Å². The molecule has 2 aliphatic heterocycles. The van der Waals surface area contributed by atoms with Crippen molar-refractivity contribution in [3.05, 3.63) is 0 Å². The van der Waals surface area contributed by atoms with Crippen molar-refractivity contribution in [1.82, 2.24) is 10.2 Å². The lowest BCUT2D eigenvalue weighted by molar-refractivity contribution is -0.210. The molecule has 0 aromatic heterocycles. The van der Waals surface area contributed by atoms with E-state index in [0.717, 1.165) is 31.1 Å². The molecule has 2 fully saturated rings. The zero-order chi connectivity index (χ0) is 23.5.